The number of ether oxygens (including phenoxy) is 1. The van der Waals surface area contributed by atoms with Gasteiger partial charge in [-0.25, -0.2) is 13.4 Å². The normalized spacial score (nSPS) is 17.9. The fourth-order valence-corrected chi connectivity index (χ4v) is 4.09. The lowest BCUT2D eigenvalue weighted by molar-refractivity contribution is 0.0702. The standard InChI is InChI=1S/C19H25N3O4S/c1-26-13-12-21-11-9-20-18(21)16-4-3-10-22(14-16)19(23)15-5-7-17(8-6-15)27(2,24)25/h5-9,11,16H,3-4,10,12-14H2,1-2H3. The lowest BCUT2D eigenvalue weighted by Crippen LogP contribution is -2.39. The number of piperidine rings is 1. The van der Waals surface area contributed by atoms with Gasteiger partial charge in [-0.2, -0.15) is 0 Å². The summed E-state index contributed by atoms with van der Waals surface area (Å²) < 4.78 is 30.4. The molecule has 0 N–H and O–H groups in total. The first-order chi connectivity index (χ1) is 12.9. The van der Waals surface area contributed by atoms with Crippen LogP contribution in [0.15, 0.2) is 41.6 Å². The predicted molar refractivity (Wildman–Crippen MR) is 102 cm³/mol. The number of methoxy groups -OCH3 is 1. The van der Waals surface area contributed by atoms with Crippen LogP contribution in [0.25, 0.3) is 0 Å². The molecule has 27 heavy (non-hydrogen) atoms. The van der Waals surface area contributed by atoms with Crippen LogP contribution in [-0.2, 0) is 21.1 Å². The third-order valence-electron chi connectivity index (χ3n) is 4.89. The van der Waals surface area contributed by atoms with E-state index in [0.717, 1.165) is 31.5 Å². The second-order valence-corrected chi connectivity index (χ2v) is 8.87. The lowest BCUT2D eigenvalue weighted by atomic mass is 9.96. The molecule has 146 valence electrons. The Morgan fingerprint density at radius 1 is 1.30 bits per heavy atom. The highest BCUT2D eigenvalue weighted by Gasteiger charge is 2.28. The fourth-order valence-electron chi connectivity index (χ4n) is 3.46. The summed E-state index contributed by atoms with van der Waals surface area (Å²) in [6, 6.07) is 6.15. The molecule has 1 aliphatic rings. The monoisotopic (exact) mass is 391 g/mol. The summed E-state index contributed by atoms with van der Waals surface area (Å²) in [7, 11) is -1.59. The molecule has 1 aromatic carbocycles. The zero-order valence-corrected chi connectivity index (χ0v) is 16.5. The minimum atomic E-state index is -3.27. The average Bonchev–Trinajstić information content (AvgIpc) is 3.14. The first-order valence-electron chi connectivity index (χ1n) is 8.99. The summed E-state index contributed by atoms with van der Waals surface area (Å²) >= 11 is 0. The van der Waals surface area contributed by atoms with E-state index in [2.05, 4.69) is 9.55 Å². The molecule has 1 atom stereocenters. The number of aromatic nitrogens is 2. The number of sulfone groups is 1. The number of hydrogen-bond donors (Lipinski definition) is 0. The third kappa shape index (κ3) is 4.56. The van der Waals surface area contributed by atoms with Crippen molar-refractivity contribution in [3.8, 4) is 0 Å². The van der Waals surface area contributed by atoms with Gasteiger partial charge in [0, 0.05) is 56.9 Å². The summed E-state index contributed by atoms with van der Waals surface area (Å²) in [5.41, 5.74) is 0.505. The lowest BCUT2D eigenvalue weighted by Gasteiger charge is -2.32. The minimum absolute atomic E-state index is 0.0743. The van der Waals surface area contributed by atoms with Crippen molar-refractivity contribution >= 4 is 15.7 Å². The molecule has 1 saturated heterocycles. The molecule has 0 spiro atoms. The van der Waals surface area contributed by atoms with Crippen molar-refractivity contribution in [2.24, 2.45) is 0 Å². The van der Waals surface area contributed by atoms with Crippen LogP contribution in [0.5, 0.6) is 0 Å². The predicted octanol–water partition coefficient (Wildman–Crippen LogP) is 1.95. The van der Waals surface area contributed by atoms with Crippen molar-refractivity contribution in [2.75, 3.05) is 33.1 Å². The number of imidazole rings is 1. The Bertz CT molecular complexity index is 890. The number of carbonyl (C=O) groups excluding carboxylic acids is 1. The van der Waals surface area contributed by atoms with Crippen LogP contribution in [0, 0.1) is 0 Å². The van der Waals surface area contributed by atoms with E-state index in [1.54, 1.807) is 25.4 Å². The maximum absolute atomic E-state index is 12.9. The molecule has 1 unspecified atom stereocenters. The summed E-state index contributed by atoms with van der Waals surface area (Å²) in [5.74, 6) is 1.09. The van der Waals surface area contributed by atoms with Crippen LogP contribution in [0.1, 0.15) is 34.9 Å². The number of hydrogen-bond acceptors (Lipinski definition) is 5. The van der Waals surface area contributed by atoms with Gasteiger partial charge < -0.3 is 14.2 Å². The third-order valence-corrected chi connectivity index (χ3v) is 6.02. The second kappa shape index (κ2) is 8.22. The van der Waals surface area contributed by atoms with E-state index in [1.807, 2.05) is 11.1 Å². The van der Waals surface area contributed by atoms with Gasteiger partial charge in [0.15, 0.2) is 9.84 Å². The number of likely N-dealkylation sites (tertiary alicyclic amines) is 1. The molecular formula is C19H25N3O4S. The van der Waals surface area contributed by atoms with Crippen LogP contribution >= 0.6 is 0 Å². The molecule has 1 aliphatic heterocycles. The van der Waals surface area contributed by atoms with E-state index < -0.39 is 9.84 Å². The molecular weight excluding hydrogens is 366 g/mol. The van der Waals surface area contributed by atoms with Gasteiger partial charge in [-0.1, -0.05) is 0 Å². The van der Waals surface area contributed by atoms with Gasteiger partial charge >= 0.3 is 0 Å². The van der Waals surface area contributed by atoms with Crippen molar-refractivity contribution in [1.82, 2.24) is 14.5 Å². The quantitative estimate of drug-likeness (QED) is 0.752. The van der Waals surface area contributed by atoms with Crippen LogP contribution in [0.4, 0.5) is 0 Å². The molecule has 8 heteroatoms. The Balaban J connectivity index is 1.72. The van der Waals surface area contributed by atoms with E-state index >= 15 is 0 Å². The Morgan fingerprint density at radius 2 is 2.04 bits per heavy atom. The van der Waals surface area contributed by atoms with Crippen LogP contribution in [-0.4, -0.2) is 61.8 Å². The molecule has 1 aromatic heterocycles. The molecule has 0 bridgehead atoms. The van der Waals surface area contributed by atoms with Crippen LogP contribution < -0.4 is 0 Å². The first kappa shape index (κ1) is 19.6. The highest BCUT2D eigenvalue weighted by atomic mass is 32.2. The second-order valence-electron chi connectivity index (χ2n) is 6.86. The summed E-state index contributed by atoms with van der Waals surface area (Å²) in [4.78, 5) is 19.4. The highest BCUT2D eigenvalue weighted by molar-refractivity contribution is 7.90. The van der Waals surface area contributed by atoms with Gasteiger partial charge in [0.05, 0.1) is 11.5 Å². The Morgan fingerprint density at radius 3 is 2.70 bits per heavy atom. The first-order valence-corrected chi connectivity index (χ1v) is 10.9. The molecule has 0 saturated carbocycles. The Kier molecular flexibility index (Phi) is 5.96. The van der Waals surface area contributed by atoms with Crippen molar-refractivity contribution in [3.05, 3.63) is 48.0 Å². The van der Waals surface area contributed by atoms with Gasteiger partial charge in [0.25, 0.3) is 5.91 Å². The number of carbonyl (C=O) groups is 1. The zero-order chi connectivity index (χ0) is 19.4. The number of benzene rings is 1. The summed E-state index contributed by atoms with van der Waals surface area (Å²) in [6.45, 7) is 2.66. The Labute approximate surface area is 159 Å². The van der Waals surface area contributed by atoms with Crippen LogP contribution in [0.3, 0.4) is 0 Å². The maximum Gasteiger partial charge on any atom is 0.253 e. The molecule has 0 aliphatic carbocycles. The Hall–Kier alpha value is -2.19. The molecule has 2 aromatic rings. The smallest absolute Gasteiger partial charge is 0.253 e. The molecule has 1 fully saturated rings. The topological polar surface area (TPSA) is 81.5 Å². The highest BCUT2D eigenvalue weighted by Crippen LogP contribution is 2.27. The fraction of sp³-hybridized carbons (Fsp3) is 0.474. The van der Waals surface area contributed by atoms with E-state index in [-0.39, 0.29) is 16.7 Å². The molecule has 0 radical (unpaired) electrons. The van der Waals surface area contributed by atoms with E-state index in [4.69, 9.17) is 4.74 Å². The number of amides is 1. The summed E-state index contributed by atoms with van der Waals surface area (Å²) in [6.07, 6.45) is 6.79. The largest absolute Gasteiger partial charge is 0.383 e. The van der Waals surface area contributed by atoms with E-state index in [9.17, 15) is 13.2 Å². The zero-order valence-electron chi connectivity index (χ0n) is 15.7. The van der Waals surface area contributed by atoms with Crippen molar-refractivity contribution in [2.45, 2.75) is 30.2 Å². The van der Waals surface area contributed by atoms with Gasteiger partial charge in [0.2, 0.25) is 0 Å². The van der Waals surface area contributed by atoms with E-state index in [0.29, 0.717) is 25.3 Å². The number of nitrogens with zero attached hydrogens (tertiary/aromatic N) is 3. The van der Waals surface area contributed by atoms with Crippen molar-refractivity contribution < 1.29 is 17.9 Å². The molecule has 1 amide bonds. The SMILES string of the molecule is COCCn1ccnc1C1CCCN(C(=O)c2ccc(S(C)(=O)=O)cc2)C1. The van der Waals surface area contributed by atoms with E-state index in [1.165, 1.54) is 12.1 Å². The minimum Gasteiger partial charge on any atom is -0.383 e. The van der Waals surface area contributed by atoms with Crippen molar-refractivity contribution in [1.29, 1.82) is 0 Å². The summed E-state index contributed by atoms with van der Waals surface area (Å²) in [5, 5.41) is 0. The number of rotatable bonds is 6. The molecule has 2 heterocycles. The van der Waals surface area contributed by atoms with Gasteiger partial charge in [-0.3, -0.25) is 4.79 Å². The van der Waals surface area contributed by atoms with Crippen LogP contribution in [0.2, 0.25) is 0 Å². The van der Waals surface area contributed by atoms with Crippen molar-refractivity contribution in [3.63, 3.8) is 0 Å². The molecule has 3 rings (SSSR count). The average molecular weight is 391 g/mol. The van der Waals surface area contributed by atoms with Gasteiger partial charge in [-0.15, -0.1) is 0 Å². The maximum atomic E-state index is 12.9. The van der Waals surface area contributed by atoms with Gasteiger partial charge in [-0.05, 0) is 37.1 Å². The molecule has 7 nitrogen and oxygen atoms in total. The van der Waals surface area contributed by atoms with Gasteiger partial charge in [0.1, 0.15) is 5.82 Å².